The van der Waals surface area contributed by atoms with Gasteiger partial charge in [0.2, 0.25) is 15.8 Å². The second-order valence-corrected chi connectivity index (χ2v) is 8.35. The SMILES string of the molecule is CCOC(=O)c1oc2ccc(S(=O)(=O)NC3CCNCC3C)cc2c1C.Cl. The van der Waals surface area contributed by atoms with Gasteiger partial charge in [0.15, 0.2) is 0 Å². The van der Waals surface area contributed by atoms with Gasteiger partial charge in [-0.1, -0.05) is 6.92 Å². The van der Waals surface area contributed by atoms with Crippen LogP contribution in [-0.4, -0.2) is 40.1 Å². The lowest BCUT2D eigenvalue weighted by atomic mass is 9.97. The van der Waals surface area contributed by atoms with Crippen LogP contribution in [0.2, 0.25) is 0 Å². The molecule has 1 fully saturated rings. The van der Waals surface area contributed by atoms with Crippen molar-refractivity contribution in [2.24, 2.45) is 5.92 Å². The first-order valence-electron chi connectivity index (χ1n) is 8.76. The number of piperidine rings is 1. The smallest absolute Gasteiger partial charge is 0.374 e. The lowest BCUT2D eigenvalue weighted by Gasteiger charge is -2.29. The Morgan fingerprint density at radius 3 is 2.81 bits per heavy atom. The molecule has 1 aromatic carbocycles. The maximum absolute atomic E-state index is 12.8. The van der Waals surface area contributed by atoms with Gasteiger partial charge in [-0.2, -0.15) is 0 Å². The van der Waals surface area contributed by atoms with Crippen LogP contribution in [0.1, 0.15) is 36.4 Å². The summed E-state index contributed by atoms with van der Waals surface area (Å²) >= 11 is 0. The second kappa shape index (κ2) is 8.60. The van der Waals surface area contributed by atoms with Crippen molar-refractivity contribution in [2.45, 2.75) is 38.1 Å². The van der Waals surface area contributed by atoms with Crippen molar-refractivity contribution in [1.82, 2.24) is 10.0 Å². The quantitative estimate of drug-likeness (QED) is 0.727. The summed E-state index contributed by atoms with van der Waals surface area (Å²) in [4.78, 5) is 12.1. The molecule has 27 heavy (non-hydrogen) atoms. The molecule has 150 valence electrons. The minimum absolute atomic E-state index is 0. The van der Waals surface area contributed by atoms with Gasteiger partial charge in [0.1, 0.15) is 5.58 Å². The number of carbonyl (C=O) groups is 1. The van der Waals surface area contributed by atoms with Crippen molar-refractivity contribution in [3.63, 3.8) is 0 Å². The van der Waals surface area contributed by atoms with Gasteiger partial charge in [-0.3, -0.25) is 0 Å². The Bertz CT molecular complexity index is 925. The highest BCUT2D eigenvalue weighted by atomic mass is 35.5. The number of ether oxygens (including phenoxy) is 1. The van der Waals surface area contributed by atoms with E-state index >= 15 is 0 Å². The van der Waals surface area contributed by atoms with Crippen LogP contribution in [-0.2, 0) is 14.8 Å². The first-order valence-corrected chi connectivity index (χ1v) is 10.2. The van der Waals surface area contributed by atoms with Crippen LogP contribution in [0.15, 0.2) is 27.5 Å². The minimum atomic E-state index is -3.66. The molecule has 2 heterocycles. The number of fused-ring (bicyclic) bond motifs is 1. The molecular weight excluding hydrogens is 392 g/mol. The molecule has 2 unspecified atom stereocenters. The zero-order chi connectivity index (χ0) is 18.9. The number of hydrogen-bond acceptors (Lipinski definition) is 6. The number of sulfonamides is 1. The van der Waals surface area contributed by atoms with Crippen LogP contribution in [0, 0.1) is 12.8 Å². The largest absolute Gasteiger partial charge is 0.460 e. The summed E-state index contributed by atoms with van der Waals surface area (Å²) < 4.78 is 38.9. The third-order valence-electron chi connectivity index (χ3n) is 4.77. The molecule has 0 saturated carbocycles. The van der Waals surface area contributed by atoms with Crippen molar-refractivity contribution in [3.8, 4) is 0 Å². The van der Waals surface area contributed by atoms with Gasteiger partial charge in [-0.05, 0) is 57.5 Å². The fourth-order valence-electron chi connectivity index (χ4n) is 3.22. The Kier molecular flexibility index (Phi) is 6.91. The predicted octanol–water partition coefficient (Wildman–Crippen LogP) is 2.62. The Morgan fingerprint density at radius 1 is 1.41 bits per heavy atom. The number of furan rings is 1. The third kappa shape index (κ3) is 4.45. The van der Waals surface area contributed by atoms with E-state index in [1.54, 1.807) is 26.0 Å². The van der Waals surface area contributed by atoms with Crippen molar-refractivity contribution in [2.75, 3.05) is 19.7 Å². The van der Waals surface area contributed by atoms with Crippen molar-refractivity contribution >= 4 is 39.4 Å². The van der Waals surface area contributed by atoms with E-state index in [1.807, 2.05) is 6.92 Å². The molecule has 7 nitrogen and oxygen atoms in total. The number of hydrogen-bond donors (Lipinski definition) is 2. The van der Waals surface area contributed by atoms with Crippen molar-refractivity contribution in [3.05, 3.63) is 29.5 Å². The van der Waals surface area contributed by atoms with Crippen LogP contribution in [0.3, 0.4) is 0 Å². The van der Waals surface area contributed by atoms with Crippen LogP contribution in [0.4, 0.5) is 0 Å². The van der Waals surface area contributed by atoms with E-state index in [-0.39, 0.29) is 41.6 Å². The second-order valence-electron chi connectivity index (χ2n) is 6.63. The number of esters is 1. The van der Waals surface area contributed by atoms with Gasteiger partial charge < -0.3 is 14.5 Å². The molecule has 0 radical (unpaired) electrons. The fraction of sp³-hybridized carbons (Fsp3) is 0.500. The highest BCUT2D eigenvalue weighted by molar-refractivity contribution is 7.89. The summed E-state index contributed by atoms with van der Waals surface area (Å²) in [6.07, 6.45) is 0.750. The van der Waals surface area contributed by atoms with Gasteiger partial charge in [0.05, 0.1) is 11.5 Å². The molecule has 1 aliphatic heterocycles. The number of rotatable bonds is 5. The van der Waals surface area contributed by atoms with E-state index in [0.717, 1.165) is 19.5 Å². The maximum Gasteiger partial charge on any atom is 0.374 e. The molecule has 2 aromatic rings. The van der Waals surface area contributed by atoms with Crippen molar-refractivity contribution < 1.29 is 22.4 Å². The number of carbonyl (C=O) groups excluding carboxylic acids is 1. The number of halogens is 1. The summed E-state index contributed by atoms with van der Waals surface area (Å²) in [5.41, 5.74) is 1.03. The van der Waals surface area contributed by atoms with E-state index in [1.165, 1.54) is 6.07 Å². The van der Waals surface area contributed by atoms with Crippen LogP contribution in [0.5, 0.6) is 0 Å². The molecule has 0 amide bonds. The summed E-state index contributed by atoms with van der Waals surface area (Å²) in [7, 11) is -3.66. The van der Waals surface area contributed by atoms with Crippen LogP contribution >= 0.6 is 12.4 Å². The minimum Gasteiger partial charge on any atom is -0.460 e. The van der Waals surface area contributed by atoms with Crippen LogP contribution < -0.4 is 10.0 Å². The molecule has 9 heteroatoms. The monoisotopic (exact) mass is 416 g/mol. The number of nitrogens with one attached hydrogen (secondary N) is 2. The molecule has 2 atom stereocenters. The lowest BCUT2D eigenvalue weighted by molar-refractivity contribution is 0.0491. The molecule has 0 spiro atoms. The summed E-state index contributed by atoms with van der Waals surface area (Å²) in [5, 5.41) is 3.85. The van der Waals surface area contributed by atoms with E-state index in [9.17, 15) is 13.2 Å². The molecule has 1 aromatic heterocycles. The van der Waals surface area contributed by atoms with Gasteiger partial charge in [-0.25, -0.2) is 17.9 Å². The Morgan fingerprint density at radius 2 is 2.15 bits per heavy atom. The average Bonchev–Trinajstić information content (AvgIpc) is 2.93. The predicted molar refractivity (Wildman–Crippen MR) is 105 cm³/mol. The summed E-state index contributed by atoms with van der Waals surface area (Å²) in [5.74, 6) is -0.225. The molecule has 0 aliphatic carbocycles. The molecule has 3 rings (SSSR count). The first kappa shape index (κ1) is 21.7. The fourth-order valence-corrected chi connectivity index (χ4v) is 4.62. The van der Waals surface area contributed by atoms with E-state index in [0.29, 0.717) is 16.5 Å². The Hall–Kier alpha value is -1.61. The molecule has 1 saturated heterocycles. The number of aryl methyl sites for hydroxylation is 1. The summed E-state index contributed by atoms with van der Waals surface area (Å²) in [6.45, 7) is 7.28. The Labute approximate surface area is 165 Å². The standard InChI is InChI=1S/C18H24N2O5S.ClH/c1-4-24-18(21)17-12(3)14-9-13(5-6-16(14)25-17)26(22,23)20-15-7-8-19-10-11(15)2;/h5-6,9,11,15,19-20H,4,7-8,10H2,1-3H3;1H. The number of benzene rings is 1. The van der Waals surface area contributed by atoms with Gasteiger partial charge in [-0.15, -0.1) is 12.4 Å². The third-order valence-corrected chi connectivity index (χ3v) is 6.26. The average molecular weight is 417 g/mol. The van der Waals surface area contributed by atoms with Gasteiger partial charge in [0, 0.05) is 17.0 Å². The van der Waals surface area contributed by atoms with Gasteiger partial charge >= 0.3 is 5.97 Å². The molecule has 0 bridgehead atoms. The van der Waals surface area contributed by atoms with Gasteiger partial charge in [0.25, 0.3) is 0 Å². The Balaban J connectivity index is 0.00000261. The zero-order valence-corrected chi connectivity index (χ0v) is 17.2. The van der Waals surface area contributed by atoms with E-state index in [2.05, 4.69) is 10.0 Å². The molecule has 1 aliphatic rings. The van der Waals surface area contributed by atoms with Crippen molar-refractivity contribution in [1.29, 1.82) is 0 Å². The molecule has 2 N–H and O–H groups in total. The summed E-state index contributed by atoms with van der Waals surface area (Å²) in [6, 6.07) is 4.52. The normalized spacial score (nSPS) is 20.3. The van der Waals surface area contributed by atoms with E-state index < -0.39 is 16.0 Å². The highest BCUT2D eigenvalue weighted by Crippen LogP contribution is 2.28. The zero-order valence-electron chi connectivity index (χ0n) is 15.6. The topological polar surface area (TPSA) is 97.6 Å². The first-order chi connectivity index (χ1) is 12.3. The highest BCUT2D eigenvalue weighted by Gasteiger charge is 2.27. The molecular formula is C18H25ClN2O5S. The van der Waals surface area contributed by atoms with Crippen LogP contribution in [0.25, 0.3) is 11.0 Å². The lowest BCUT2D eigenvalue weighted by Crippen LogP contribution is -2.48. The maximum atomic E-state index is 12.8. The van der Waals surface area contributed by atoms with E-state index in [4.69, 9.17) is 9.15 Å².